The molecule has 2 aliphatic rings. The maximum atomic E-state index is 13.0. The quantitative estimate of drug-likeness (QED) is 0.830. The number of hydrogen-bond acceptors (Lipinski definition) is 5. The number of carbonyl (C=O) groups excluding carboxylic acids is 1. The largest absolute Gasteiger partial charge is 0.344 e. The van der Waals surface area contributed by atoms with E-state index in [0.717, 1.165) is 22.2 Å². The summed E-state index contributed by atoms with van der Waals surface area (Å²) < 4.78 is 2.48. The maximum Gasteiger partial charge on any atom is 0.332 e. The Kier molecular flexibility index (Phi) is 3.84. The lowest BCUT2D eigenvalue weighted by molar-refractivity contribution is -0.116. The second-order valence-electron chi connectivity index (χ2n) is 6.93. The highest BCUT2D eigenvalue weighted by molar-refractivity contribution is 6.00. The fourth-order valence-electron chi connectivity index (χ4n) is 3.98. The van der Waals surface area contributed by atoms with Gasteiger partial charge in [0.25, 0.3) is 5.56 Å². The van der Waals surface area contributed by atoms with E-state index >= 15 is 0 Å². The SMILES string of the molecule is Cn1c2c(c(=O)n(C)c1=O)[C@H](c1ccc(C#N)cc1)C1=C(CCCC1=O)N2. The van der Waals surface area contributed by atoms with Crippen molar-refractivity contribution >= 4 is 11.6 Å². The maximum absolute atomic E-state index is 13.0. The van der Waals surface area contributed by atoms with Crippen LogP contribution in [0.2, 0.25) is 0 Å². The van der Waals surface area contributed by atoms with Crippen molar-refractivity contribution in [1.29, 1.82) is 5.26 Å². The van der Waals surface area contributed by atoms with Crippen molar-refractivity contribution in [2.24, 2.45) is 14.1 Å². The standard InChI is InChI=1S/C20H18N4O3/c1-23-18-17(19(26)24(2)20(23)27)15(12-8-6-11(10-21)7-9-12)16-13(22-18)4-3-5-14(16)25/h6-9,15,22H,3-5H2,1-2H3/t15-/m1/s1. The van der Waals surface area contributed by atoms with Gasteiger partial charge in [0.1, 0.15) is 5.82 Å². The number of allylic oxidation sites excluding steroid dienone is 2. The van der Waals surface area contributed by atoms with Gasteiger partial charge in [-0.2, -0.15) is 5.26 Å². The van der Waals surface area contributed by atoms with Crippen LogP contribution < -0.4 is 16.6 Å². The van der Waals surface area contributed by atoms with E-state index in [-0.39, 0.29) is 5.78 Å². The number of carbonyl (C=O) groups is 1. The summed E-state index contributed by atoms with van der Waals surface area (Å²) in [6.07, 6.45) is 1.87. The summed E-state index contributed by atoms with van der Waals surface area (Å²) in [7, 11) is 3.05. The molecule has 0 unspecified atom stereocenters. The van der Waals surface area contributed by atoms with Crippen LogP contribution in [0, 0.1) is 11.3 Å². The Labute approximate surface area is 155 Å². The number of rotatable bonds is 1. The van der Waals surface area contributed by atoms with Gasteiger partial charge in [0, 0.05) is 37.7 Å². The first-order valence-corrected chi connectivity index (χ1v) is 8.77. The first kappa shape index (κ1) is 17.0. The Morgan fingerprint density at radius 2 is 1.78 bits per heavy atom. The molecule has 0 saturated heterocycles. The third-order valence-electron chi connectivity index (χ3n) is 5.38. The van der Waals surface area contributed by atoms with Gasteiger partial charge in [-0.1, -0.05) is 12.1 Å². The third-order valence-corrected chi connectivity index (χ3v) is 5.38. The summed E-state index contributed by atoms with van der Waals surface area (Å²) in [6.45, 7) is 0. The number of aromatic nitrogens is 2. The molecule has 0 bridgehead atoms. The van der Waals surface area contributed by atoms with E-state index in [1.54, 1.807) is 31.3 Å². The minimum atomic E-state index is -0.553. The van der Waals surface area contributed by atoms with E-state index < -0.39 is 17.2 Å². The summed E-state index contributed by atoms with van der Waals surface area (Å²) in [6, 6.07) is 8.98. The zero-order valence-electron chi connectivity index (χ0n) is 15.1. The van der Waals surface area contributed by atoms with Crippen LogP contribution in [0.1, 0.15) is 41.9 Å². The molecule has 0 fully saturated rings. The molecule has 27 heavy (non-hydrogen) atoms. The molecule has 136 valence electrons. The first-order chi connectivity index (χ1) is 12.9. The number of anilines is 1. The van der Waals surface area contributed by atoms with E-state index in [1.807, 2.05) is 0 Å². The minimum absolute atomic E-state index is 0.0136. The van der Waals surface area contributed by atoms with Crippen LogP contribution in [-0.2, 0) is 18.9 Å². The van der Waals surface area contributed by atoms with E-state index in [9.17, 15) is 14.4 Å². The van der Waals surface area contributed by atoms with E-state index in [4.69, 9.17) is 5.26 Å². The van der Waals surface area contributed by atoms with Crippen molar-refractivity contribution < 1.29 is 4.79 Å². The van der Waals surface area contributed by atoms with Gasteiger partial charge >= 0.3 is 5.69 Å². The van der Waals surface area contributed by atoms with Crippen LogP contribution in [0.25, 0.3) is 0 Å². The number of nitriles is 1. The summed E-state index contributed by atoms with van der Waals surface area (Å²) in [4.78, 5) is 38.1. The Morgan fingerprint density at radius 1 is 1.07 bits per heavy atom. The lowest BCUT2D eigenvalue weighted by atomic mass is 9.76. The smallest absolute Gasteiger partial charge is 0.332 e. The molecule has 7 nitrogen and oxygen atoms in total. The number of hydrogen-bond donors (Lipinski definition) is 1. The van der Waals surface area contributed by atoms with Crippen LogP contribution >= 0.6 is 0 Å². The molecule has 1 aliphatic heterocycles. The molecule has 4 rings (SSSR count). The van der Waals surface area contributed by atoms with Crippen LogP contribution in [0.15, 0.2) is 45.1 Å². The van der Waals surface area contributed by atoms with Gasteiger partial charge in [-0.15, -0.1) is 0 Å². The number of benzene rings is 1. The molecule has 0 amide bonds. The molecule has 1 aromatic carbocycles. The molecule has 1 N–H and O–H groups in total. The molecular formula is C20H18N4O3. The molecule has 2 aromatic rings. The first-order valence-electron chi connectivity index (χ1n) is 8.77. The third kappa shape index (κ3) is 2.45. The topological polar surface area (TPSA) is 96.9 Å². The van der Waals surface area contributed by atoms with Crippen molar-refractivity contribution in [3.05, 3.63) is 73.1 Å². The van der Waals surface area contributed by atoms with Gasteiger partial charge < -0.3 is 5.32 Å². The van der Waals surface area contributed by atoms with Crippen LogP contribution in [0.4, 0.5) is 5.82 Å². The number of Topliss-reactive ketones (excluding diaryl/α,β-unsaturated/α-hetero) is 1. The van der Waals surface area contributed by atoms with E-state index in [2.05, 4.69) is 11.4 Å². The van der Waals surface area contributed by atoms with Crippen LogP contribution in [0.3, 0.4) is 0 Å². The number of fused-ring (bicyclic) bond motifs is 1. The predicted octanol–water partition coefficient (Wildman–Crippen LogP) is 1.52. The Hall–Kier alpha value is -3.40. The molecule has 1 aliphatic carbocycles. The highest BCUT2D eigenvalue weighted by Crippen LogP contribution is 2.43. The summed E-state index contributed by atoms with van der Waals surface area (Å²) in [5, 5.41) is 12.2. The van der Waals surface area contributed by atoms with Crippen molar-refractivity contribution in [2.45, 2.75) is 25.2 Å². The molecular weight excluding hydrogens is 344 g/mol. The number of ketones is 1. The summed E-state index contributed by atoms with van der Waals surface area (Å²) >= 11 is 0. The molecule has 0 saturated carbocycles. The average molecular weight is 362 g/mol. The second-order valence-corrected chi connectivity index (χ2v) is 6.93. The van der Waals surface area contributed by atoms with Gasteiger partial charge in [-0.25, -0.2) is 4.79 Å². The average Bonchev–Trinajstić information content (AvgIpc) is 2.69. The fraction of sp³-hybridized carbons (Fsp3) is 0.300. The predicted molar refractivity (Wildman–Crippen MR) is 99.4 cm³/mol. The number of nitrogens with one attached hydrogen (secondary N) is 1. The van der Waals surface area contributed by atoms with Crippen molar-refractivity contribution in [3.63, 3.8) is 0 Å². The van der Waals surface area contributed by atoms with Crippen molar-refractivity contribution in [3.8, 4) is 6.07 Å². The zero-order valence-corrected chi connectivity index (χ0v) is 15.1. The second kappa shape index (κ2) is 6.09. The van der Waals surface area contributed by atoms with Crippen molar-refractivity contribution in [2.75, 3.05) is 5.32 Å². The van der Waals surface area contributed by atoms with Gasteiger partial charge in [-0.3, -0.25) is 18.7 Å². The Balaban J connectivity index is 2.06. The summed E-state index contributed by atoms with van der Waals surface area (Å²) in [5.41, 5.74) is 2.18. The number of nitrogens with zero attached hydrogens (tertiary/aromatic N) is 3. The van der Waals surface area contributed by atoms with Gasteiger partial charge in [0.2, 0.25) is 0 Å². The lowest BCUT2D eigenvalue weighted by Crippen LogP contribution is -2.44. The Morgan fingerprint density at radius 3 is 2.44 bits per heavy atom. The molecule has 1 aromatic heterocycles. The monoisotopic (exact) mass is 362 g/mol. The van der Waals surface area contributed by atoms with Gasteiger partial charge in [0.05, 0.1) is 17.2 Å². The molecule has 2 heterocycles. The highest BCUT2D eigenvalue weighted by atomic mass is 16.2. The van der Waals surface area contributed by atoms with Gasteiger partial charge in [0.15, 0.2) is 5.78 Å². The van der Waals surface area contributed by atoms with E-state index in [0.29, 0.717) is 35.4 Å². The van der Waals surface area contributed by atoms with E-state index in [1.165, 1.54) is 11.6 Å². The normalized spacial score (nSPS) is 18.4. The highest BCUT2D eigenvalue weighted by Gasteiger charge is 2.38. The lowest BCUT2D eigenvalue weighted by Gasteiger charge is -2.34. The zero-order chi connectivity index (χ0) is 19.3. The van der Waals surface area contributed by atoms with Crippen LogP contribution in [-0.4, -0.2) is 14.9 Å². The van der Waals surface area contributed by atoms with Crippen molar-refractivity contribution in [1.82, 2.24) is 9.13 Å². The fourth-order valence-corrected chi connectivity index (χ4v) is 3.98. The van der Waals surface area contributed by atoms with Gasteiger partial charge in [-0.05, 0) is 30.5 Å². The summed E-state index contributed by atoms with van der Waals surface area (Å²) in [5.74, 6) is -0.104. The molecule has 7 heteroatoms. The van der Waals surface area contributed by atoms with Crippen LogP contribution in [0.5, 0.6) is 0 Å². The minimum Gasteiger partial charge on any atom is -0.344 e. The molecule has 0 spiro atoms. The molecule has 1 atom stereocenters. The molecule has 0 radical (unpaired) electrons. The Bertz CT molecular complexity index is 1160.